The standard InChI is InChI=1S/C12H9BrN2S/c13-10-4-3-9(7-14)12(6-10)15-8-11-2-1-5-16-11/h1-6,15H,8H2. The average molecular weight is 293 g/mol. The Labute approximate surface area is 107 Å². The van der Waals surface area contributed by atoms with Crippen LogP contribution in [0, 0.1) is 11.3 Å². The van der Waals surface area contributed by atoms with E-state index in [0.717, 1.165) is 16.7 Å². The summed E-state index contributed by atoms with van der Waals surface area (Å²) in [5.41, 5.74) is 1.53. The lowest BCUT2D eigenvalue weighted by Gasteiger charge is -2.07. The van der Waals surface area contributed by atoms with E-state index in [2.05, 4.69) is 33.4 Å². The van der Waals surface area contributed by atoms with E-state index in [9.17, 15) is 0 Å². The summed E-state index contributed by atoms with van der Waals surface area (Å²) in [6.45, 7) is 0.753. The van der Waals surface area contributed by atoms with E-state index in [-0.39, 0.29) is 0 Å². The van der Waals surface area contributed by atoms with Crippen LogP contribution in [-0.4, -0.2) is 0 Å². The van der Waals surface area contributed by atoms with Crippen LogP contribution in [0.5, 0.6) is 0 Å². The number of halogens is 1. The Balaban J connectivity index is 2.15. The predicted molar refractivity (Wildman–Crippen MR) is 70.5 cm³/mol. The first-order chi connectivity index (χ1) is 7.79. The molecule has 0 aliphatic carbocycles. The Bertz CT molecular complexity index is 514. The summed E-state index contributed by atoms with van der Waals surface area (Å²) in [5, 5.41) is 14.3. The second-order valence-electron chi connectivity index (χ2n) is 3.23. The van der Waals surface area contributed by atoms with Crippen molar-refractivity contribution in [3.05, 3.63) is 50.6 Å². The van der Waals surface area contributed by atoms with E-state index in [0.29, 0.717) is 5.56 Å². The number of rotatable bonds is 3. The van der Waals surface area contributed by atoms with Gasteiger partial charge in [0, 0.05) is 15.9 Å². The topological polar surface area (TPSA) is 35.8 Å². The van der Waals surface area contributed by atoms with Crippen molar-refractivity contribution in [3.8, 4) is 6.07 Å². The lowest BCUT2D eigenvalue weighted by molar-refractivity contribution is 1.19. The molecule has 1 heterocycles. The molecule has 2 aromatic rings. The second-order valence-corrected chi connectivity index (χ2v) is 5.18. The summed E-state index contributed by atoms with van der Waals surface area (Å²) in [5.74, 6) is 0. The quantitative estimate of drug-likeness (QED) is 0.928. The van der Waals surface area contributed by atoms with E-state index in [1.165, 1.54) is 4.88 Å². The van der Waals surface area contributed by atoms with E-state index in [1.54, 1.807) is 17.4 Å². The third-order valence-corrected chi connectivity index (χ3v) is 3.50. The highest BCUT2D eigenvalue weighted by atomic mass is 79.9. The van der Waals surface area contributed by atoms with Gasteiger partial charge in [0.05, 0.1) is 11.3 Å². The highest BCUT2D eigenvalue weighted by Crippen LogP contribution is 2.22. The normalized spacial score (nSPS) is 9.75. The molecule has 0 aliphatic rings. The van der Waals surface area contributed by atoms with Crippen molar-refractivity contribution in [2.75, 3.05) is 5.32 Å². The molecule has 1 N–H and O–H groups in total. The molecule has 0 fully saturated rings. The Hall–Kier alpha value is -1.31. The van der Waals surface area contributed by atoms with Crippen LogP contribution in [0.2, 0.25) is 0 Å². The SMILES string of the molecule is N#Cc1ccc(Br)cc1NCc1cccs1. The number of anilines is 1. The predicted octanol–water partition coefficient (Wildman–Crippen LogP) is 3.99. The molecule has 4 heteroatoms. The number of nitrogens with zero attached hydrogens (tertiary/aromatic N) is 1. The largest absolute Gasteiger partial charge is 0.379 e. The molecule has 1 aromatic carbocycles. The summed E-state index contributed by atoms with van der Waals surface area (Å²) in [6, 6.07) is 11.9. The van der Waals surface area contributed by atoms with E-state index in [1.807, 2.05) is 23.6 Å². The molecule has 0 radical (unpaired) electrons. The van der Waals surface area contributed by atoms with Gasteiger partial charge in [-0.15, -0.1) is 11.3 Å². The third-order valence-electron chi connectivity index (χ3n) is 2.14. The number of hydrogen-bond acceptors (Lipinski definition) is 3. The molecule has 0 unspecified atom stereocenters. The number of hydrogen-bond donors (Lipinski definition) is 1. The fourth-order valence-electron chi connectivity index (χ4n) is 1.36. The van der Waals surface area contributed by atoms with Crippen LogP contribution in [0.4, 0.5) is 5.69 Å². The van der Waals surface area contributed by atoms with E-state index < -0.39 is 0 Å². The minimum absolute atomic E-state index is 0.666. The molecule has 0 amide bonds. The molecule has 2 rings (SSSR count). The fourth-order valence-corrected chi connectivity index (χ4v) is 2.36. The molecule has 0 saturated heterocycles. The minimum Gasteiger partial charge on any atom is -0.379 e. The van der Waals surface area contributed by atoms with Gasteiger partial charge in [-0.3, -0.25) is 0 Å². The Morgan fingerprint density at radius 3 is 2.94 bits per heavy atom. The summed E-state index contributed by atoms with van der Waals surface area (Å²) in [7, 11) is 0. The van der Waals surface area contributed by atoms with Gasteiger partial charge in [-0.2, -0.15) is 5.26 Å². The van der Waals surface area contributed by atoms with E-state index >= 15 is 0 Å². The molecular weight excluding hydrogens is 284 g/mol. The third kappa shape index (κ3) is 2.63. The molecule has 2 nitrogen and oxygen atoms in total. The first-order valence-corrected chi connectivity index (χ1v) is 6.43. The van der Waals surface area contributed by atoms with Gasteiger partial charge >= 0.3 is 0 Å². The lowest BCUT2D eigenvalue weighted by Crippen LogP contribution is -1.99. The smallest absolute Gasteiger partial charge is 0.101 e. The van der Waals surface area contributed by atoms with Gasteiger partial charge < -0.3 is 5.32 Å². The van der Waals surface area contributed by atoms with Crippen LogP contribution in [0.3, 0.4) is 0 Å². The van der Waals surface area contributed by atoms with Gasteiger partial charge in [0.15, 0.2) is 0 Å². The monoisotopic (exact) mass is 292 g/mol. The van der Waals surface area contributed by atoms with Crippen LogP contribution in [0.15, 0.2) is 40.2 Å². The van der Waals surface area contributed by atoms with Gasteiger partial charge in [-0.25, -0.2) is 0 Å². The maximum Gasteiger partial charge on any atom is 0.101 e. The van der Waals surface area contributed by atoms with Gasteiger partial charge in [0.1, 0.15) is 6.07 Å². The Morgan fingerprint density at radius 1 is 1.38 bits per heavy atom. The number of thiophene rings is 1. The van der Waals surface area contributed by atoms with Crippen LogP contribution in [0.1, 0.15) is 10.4 Å². The summed E-state index contributed by atoms with van der Waals surface area (Å²) < 4.78 is 0.972. The zero-order valence-corrected chi connectivity index (χ0v) is 10.8. The Kier molecular flexibility index (Phi) is 3.60. The van der Waals surface area contributed by atoms with Crippen LogP contribution in [0.25, 0.3) is 0 Å². The number of nitriles is 1. The average Bonchev–Trinajstić information content (AvgIpc) is 2.79. The first-order valence-electron chi connectivity index (χ1n) is 4.75. The second kappa shape index (κ2) is 5.15. The molecule has 0 aliphatic heterocycles. The highest BCUT2D eigenvalue weighted by Gasteiger charge is 2.02. The van der Waals surface area contributed by atoms with Gasteiger partial charge in [-0.05, 0) is 29.6 Å². The zero-order chi connectivity index (χ0) is 11.4. The van der Waals surface area contributed by atoms with Crippen molar-refractivity contribution >= 4 is 33.0 Å². The zero-order valence-electron chi connectivity index (χ0n) is 8.40. The molecule has 0 spiro atoms. The van der Waals surface area contributed by atoms with Crippen LogP contribution < -0.4 is 5.32 Å². The summed E-state index contributed by atoms with van der Waals surface area (Å²) in [4.78, 5) is 1.25. The number of benzene rings is 1. The molecule has 16 heavy (non-hydrogen) atoms. The van der Waals surface area contributed by atoms with Crippen molar-refractivity contribution < 1.29 is 0 Å². The van der Waals surface area contributed by atoms with Crippen molar-refractivity contribution in [2.45, 2.75) is 6.54 Å². The minimum atomic E-state index is 0.666. The molecular formula is C12H9BrN2S. The first kappa shape index (κ1) is 11.2. The highest BCUT2D eigenvalue weighted by molar-refractivity contribution is 9.10. The summed E-state index contributed by atoms with van der Waals surface area (Å²) in [6.07, 6.45) is 0. The van der Waals surface area contributed by atoms with Gasteiger partial charge in [-0.1, -0.05) is 22.0 Å². The van der Waals surface area contributed by atoms with Crippen molar-refractivity contribution in [1.29, 1.82) is 5.26 Å². The lowest BCUT2D eigenvalue weighted by atomic mass is 10.2. The summed E-state index contributed by atoms with van der Waals surface area (Å²) >= 11 is 5.10. The van der Waals surface area contributed by atoms with E-state index in [4.69, 9.17) is 5.26 Å². The van der Waals surface area contributed by atoms with Crippen molar-refractivity contribution in [1.82, 2.24) is 0 Å². The van der Waals surface area contributed by atoms with Gasteiger partial charge in [0.25, 0.3) is 0 Å². The maximum absolute atomic E-state index is 8.96. The Morgan fingerprint density at radius 2 is 2.25 bits per heavy atom. The van der Waals surface area contributed by atoms with Crippen molar-refractivity contribution in [3.63, 3.8) is 0 Å². The molecule has 0 bridgehead atoms. The molecule has 80 valence electrons. The number of nitrogens with one attached hydrogen (secondary N) is 1. The molecule has 1 aromatic heterocycles. The van der Waals surface area contributed by atoms with Crippen molar-refractivity contribution in [2.24, 2.45) is 0 Å². The van der Waals surface area contributed by atoms with Crippen LogP contribution >= 0.6 is 27.3 Å². The fraction of sp³-hybridized carbons (Fsp3) is 0.0833. The van der Waals surface area contributed by atoms with Gasteiger partial charge in [0.2, 0.25) is 0 Å². The molecule has 0 atom stereocenters. The molecule has 0 saturated carbocycles. The maximum atomic E-state index is 8.96. The van der Waals surface area contributed by atoms with Crippen LogP contribution in [-0.2, 0) is 6.54 Å².